The summed E-state index contributed by atoms with van der Waals surface area (Å²) in [6.07, 6.45) is 3.12. The van der Waals surface area contributed by atoms with E-state index >= 15 is 0 Å². The van der Waals surface area contributed by atoms with Crippen LogP contribution in [-0.4, -0.2) is 85.4 Å². The molecule has 5 rings (SSSR count). The van der Waals surface area contributed by atoms with Gasteiger partial charge in [-0.1, -0.05) is 42.8 Å². The molecule has 1 saturated heterocycles. The van der Waals surface area contributed by atoms with Gasteiger partial charge >= 0.3 is 0 Å². The second-order valence-corrected chi connectivity index (χ2v) is 10.1. The molecule has 9 heteroatoms. The molecular weight excluding hydrogens is 487 g/mol. The number of nitrogens with zero attached hydrogens (tertiary/aromatic N) is 4. The smallest absolute Gasteiger partial charge is 0.262 e. The molecule has 2 amide bonds. The molecule has 2 aromatic rings. The standard InChI is InChI=1S/C29H35FN4O4/c1-37-27-12-5-3-10-23(27)26-19-25(22-9-2-4-11-24(22)30)31-34(26)28(35)20-33(29(36)21-7-6-8-21)14-13-32-15-17-38-18-16-32/h2-5,9-12,21,26H,6-8,13-20H2,1H3. The average molecular weight is 523 g/mol. The first kappa shape index (κ1) is 26.3. The van der Waals surface area contributed by atoms with Crippen LogP contribution in [0.4, 0.5) is 4.39 Å². The first-order valence-electron chi connectivity index (χ1n) is 13.4. The first-order valence-corrected chi connectivity index (χ1v) is 13.4. The minimum atomic E-state index is -0.465. The second-order valence-electron chi connectivity index (χ2n) is 10.1. The summed E-state index contributed by atoms with van der Waals surface area (Å²) >= 11 is 0. The number of carbonyl (C=O) groups is 2. The van der Waals surface area contributed by atoms with Crippen LogP contribution in [0.3, 0.4) is 0 Å². The van der Waals surface area contributed by atoms with Crippen molar-refractivity contribution >= 4 is 17.5 Å². The topological polar surface area (TPSA) is 74.7 Å². The highest BCUT2D eigenvalue weighted by atomic mass is 19.1. The molecule has 1 saturated carbocycles. The van der Waals surface area contributed by atoms with Crippen molar-refractivity contribution in [2.75, 3.05) is 53.0 Å². The van der Waals surface area contributed by atoms with Crippen molar-refractivity contribution in [3.63, 3.8) is 0 Å². The number of hydrogen-bond donors (Lipinski definition) is 0. The number of carbonyl (C=O) groups excluding carboxylic acids is 2. The Kier molecular flexibility index (Phi) is 8.34. The Morgan fingerprint density at radius 2 is 1.84 bits per heavy atom. The van der Waals surface area contributed by atoms with Gasteiger partial charge in [-0.15, -0.1) is 0 Å². The largest absolute Gasteiger partial charge is 0.496 e. The van der Waals surface area contributed by atoms with Gasteiger partial charge in [0.1, 0.15) is 18.1 Å². The number of benzene rings is 2. The highest BCUT2D eigenvalue weighted by Gasteiger charge is 2.38. The molecule has 1 unspecified atom stereocenters. The third-order valence-corrected chi connectivity index (χ3v) is 7.73. The zero-order chi connectivity index (χ0) is 26.5. The number of ether oxygens (including phenoxy) is 2. The van der Waals surface area contributed by atoms with E-state index in [-0.39, 0.29) is 30.1 Å². The number of rotatable bonds is 9. The van der Waals surface area contributed by atoms with E-state index in [0.29, 0.717) is 49.7 Å². The van der Waals surface area contributed by atoms with Crippen LogP contribution in [0.1, 0.15) is 42.9 Å². The van der Waals surface area contributed by atoms with E-state index < -0.39 is 6.04 Å². The van der Waals surface area contributed by atoms with Crippen molar-refractivity contribution in [1.29, 1.82) is 0 Å². The summed E-state index contributed by atoms with van der Waals surface area (Å²) in [7, 11) is 1.59. The molecule has 2 aromatic carbocycles. The number of halogens is 1. The van der Waals surface area contributed by atoms with E-state index in [1.807, 2.05) is 24.3 Å². The zero-order valence-electron chi connectivity index (χ0n) is 21.9. The molecule has 0 bridgehead atoms. The monoisotopic (exact) mass is 522 g/mol. The van der Waals surface area contributed by atoms with Crippen LogP contribution in [0.2, 0.25) is 0 Å². The maximum absolute atomic E-state index is 14.7. The van der Waals surface area contributed by atoms with Gasteiger partial charge in [0.05, 0.1) is 32.1 Å². The predicted octanol–water partition coefficient (Wildman–Crippen LogP) is 3.47. The summed E-state index contributed by atoms with van der Waals surface area (Å²) in [6, 6.07) is 13.5. The average Bonchev–Trinajstić information content (AvgIpc) is 3.36. The van der Waals surface area contributed by atoms with Crippen molar-refractivity contribution in [1.82, 2.24) is 14.8 Å². The van der Waals surface area contributed by atoms with E-state index in [9.17, 15) is 14.0 Å². The lowest BCUT2D eigenvalue weighted by Crippen LogP contribution is -2.49. The second kappa shape index (κ2) is 12.0. The van der Waals surface area contributed by atoms with Gasteiger partial charge < -0.3 is 14.4 Å². The Bertz CT molecular complexity index is 1180. The van der Waals surface area contributed by atoms with Gasteiger partial charge in [0.2, 0.25) is 5.91 Å². The van der Waals surface area contributed by atoms with Gasteiger partial charge in [0.25, 0.3) is 5.91 Å². The van der Waals surface area contributed by atoms with E-state index in [1.54, 1.807) is 30.2 Å². The number of amides is 2. The quantitative estimate of drug-likeness (QED) is 0.504. The minimum absolute atomic E-state index is 0.0199. The van der Waals surface area contributed by atoms with Gasteiger partial charge in [-0.2, -0.15) is 5.10 Å². The van der Waals surface area contributed by atoms with Crippen LogP contribution in [0.15, 0.2) is 53.6 Å². The molecule has 8 nitrogen and oxygen atoms in total. The summed E-state index contributed by atoms with van der Waals surface area (Å²) in [5.74, 6) is -0.0266. The van der Waals surface area contributed by atoms with Gasteiger partial charge in [-0.05, 0) is 25.0 Å². The van der Waals surface area contributed by atoms with Crippen molar-refractivity contribution in [3.05, 3.63) is 65.5 Å². The first-order chi connectivity index (χ1) is 18.5. The number of methoxy groups -OCH3 is 1. The van der Waals surface area contributed by atoms with Gasteiger partial charge in [-0.25, -0.2) is 9.40 Å². The molecule has 1 atom stereocenters. The molecule has 2 aliphatic heterocycles. The van der Waals surface area contributed by atoms with Crippen LogP contribution >= 0.6 is 0 Å². The number of hydrazone groups is 1. The Balaban J connectivity index is 1.40. The fraction of sp³-hybridized carbons (Fsp3) is 0.483. The molecular formula is C29H35FN4O4. The Morgan fingerprint density at radius 3 is 2.55 bits per heavy atom. The van der Waals surface area contributed by atoms with E-state index in [1.165, 1.54) is 11.1 Å². The molecule has 0 aromatic heterocycles. The number of para-hydroxylation sites is 1. The van der Waals surface area contributed by atoms with Crippen LogP contribution < -0.4 is 4.74 Å². The molecule has 0 spiro atoms. The molecule has 202 valence electrons. The lowest BCUT2D eigenvalue weighted by molar-refractivity contribution is -0.145. The summed E-state index contributed by atoms with van der Waals surface area (Å²) in [4.78, 5) is 31.1. The van der Waals surface area contributed by atoms with Crippen LogP contribution in [-0.2, 0) is 14.3 Å². The van der Waals surface area contributed by atoms with E-state index in [4.69, 9.17) is 9.47 Å². The summed E-state index contributed by atoms with van der Waals surface area (Å²) < 4.78 is 25.7. The van der Waals surface area contributed by atoms with Gasteiger partial charge in [-0.3, -0.25) is 14.5 Å². The normalized spacial score (nSPS) is 20.1. The molecule has 0 N–H and O–H groups in total. The highest BCUT2D eigenvalue weighted by molar-refractivity contribution is 6.03. The van der Waals surface area contributed by atoms with Gasteiger partial charge in [0, 0.05) is 49.6 Å². The summed E-state index contributed by atoms with van der Waals surface area (Å²) in [5, 5.41) is 6.06. The fourth-order valence-corrected chi connectivity index (χ4v) is 5.29. The molecule has 1 aliphatic carbocycles. The van der Waals surface area contributed by atoms with Crippen molar-refractivity contribution in [2.45, 2.75) is 31.7 Å². The van der Waals surface area contributed by atoms with E-state index in [2.05, 4.69) is 10.0 Å². The molecule has 3 aliphatic rings. The molecule has 2 heterocycles. The van der Waals surface area contributed by atoms with Crippen LogP contribution in [0.5, 0.6) is 5.75 Å². The van der Waals surface area contributed by atoms with Crippen LogP contribution in [0, 0.1) is 11.7 Å². The highest BCUT2D eigenvalue weighted by Crippen LogP contribution is 2.38. The van der Waals surface area contributed by atoms with Crippen molar-refractivity contribution in [3.8, 4) is 5.75 Å². The maximum atomic E-state index is 14.7. The van der Waals surface area contributed by atoms with Crippen molar-refractivity contribution in [2.24, 2.45) is 11.0 Å². The SMILES string of the molecule is COc1ccccc1C1CC(c2ccccc2F)=NN1C(=O)CN(CCN1CCOCC1)C(=O)C1CCC1. The summed E-state index contributed by atoms with van der Waals surface area (Å²) in [6.45, 7) is 4.08. The third kappa shape index (κ3) is 5.73. The fourth-order valence-electron chi connectivity index (χ4n) is 5.29. The van der Waals surface area contributed by atoms with Crippen molar-refractivity contribution < 1.29 is 23.5 Å². The number of morpholine rings is 1. The molecule has 38 heavy (non-hydrogen) atoms. The Morgan fingerprint density at radius 1 is 1.11 bits per heavy atom. The molecule has 0 radical (unpaired) electrons. The Hall–Kier alpha value is -3.30. The lowest BCUT2D eigenvalue weighted by Gasteiger charge is -2.34. The number of hydrogen-bond acceptors (Lipinski definition) is 6. The molecule has 2 fully saturated rings. The summed E-state index contributed by atoms with van der Waals surface area (Å²) in [5.41, 5.74) is 1.67. The predicted molar refractivity (Wildman–Crippen MR) is 141 cm³/mol. The van der Waals surface area contributed by atoms with Crippen LogP contribution in [0.25, 0.3) is 0 Å². The lowest BCUT2D eigenvalue weighted by atomic mass is 9.84. The maximum Gasteiger partial charge on any atom is 0.262 e. The van der Waals surface area contributed by atoms with E-state index in [0.717, 1.165) is 37.9 Å². The van der Waals surface area contributed by atoms with Gasteiger partial charge in [0.15, 0.2) is 0 Å². The minimum Gasteiger partial charge on any atom is -0.496 e. The zero-order valence-corrected chi connectivity index (χ0v) is 21.9. The Labute approximate surface area is 223 Å². The third-order valence-electron chi connectivity index (χ3n) is 7.73.